The van der Waals surface area contributed by atoms with E-state index >= 15 is 0 Å². The van der Waals surface area contributed by atoms with Gasteiger partial charge in [-0.15, -0.1) is 0 Å². The third-order valence-electron chi connectivity index (χ3n) is 2.20. The van der Waals surface area contributed by atoms with Crippen molar-refractivity contribution in [3.05, 3.63) is 19.3 Å². The lowest BCUT2D eigenvalue weighted by Gasteiger charge is -2.23. The predicted octanol–water partition coefficient (Wildman–Crippen LogP) is 2.08. The van der Waals surface area contributed by atoms with Gasteiger partial charge < -0.3 is 0 Å². The fourth-order valence-corrected chi connectivity index (χ4v) is 4.14. The van der Waals surface area contributed by atoms with Crippen LogP contribution in [0.5, 0.6) is 0 Å². The summed E-state index contributed by atoms with van der Waals surface area (Å²) in [6.07, 6.45) is 3.72. The van der Waals surface area contributed by atoms with Crippen molar-refractivity contribution in [3.63, 3.8) is 0 Å². The first kappa shape index (κ1) is 11.3. The standard InChI is InChI=1S/C8H4I3NO2/c9-4-1-3-6(13)12-7(14)8(3,11)2-5(4)10/h1-3H,(H,12,13,14). The highest BCUT2D eigenvalue weighted by molar-refractivity contribution is 14.1. The molecule has 0 aromatic carbocycles. The lowest BCUT2D eigenvalue weighted by atomic mass is 9.91. The van der Waals surface area contributed by atoms with Gasteiger partial charge in [0.15, 0.2) is 0 Å². The Balaban J connectivity index is 2.54. The molecule has 74 valence electrons. The molecule has 1 aliphatic carbocycles. The summed E-state index contributed by atoms with van der Waals surface area (Å²) in [7, 11) is 0. The van der Waals surface area contributed by atoms with Crippen LogP contribution in [0.15, 0.2) is 19.3 Å². The van der Waals surface area contributed by atoms with Crippen molar-refractivity contribution in [1.82, 2.24) is 5.32 Å². The number of carbonyl (C=O) groups is 2. The number of fused-ring (bicyclic) bond motifs is 1. The van der Waals surface area contributed by atoms with Crippen LogP contribution >= 0.6 is 67.8 Å². The van der Waals surface area contributed by atoms with Crippen molar-refractivity contribution in [2.45, 2.75) is 3.42 Å². The van der Waals surface area contributed by atoms with Gasteiger partial charge in [0.1, 0.15) is 3.42 Å². The number of alkyl halides is 1. The highest BCUT2D eigenvalue weighted by Gasteiger charge is 2.53. The molecule has 0 radical (unpaired) electrons. The fraction of sp³-hybridized carbons (Fsp3) is 0.250. The Labute approximate surface area is 122 Å². The maximum Gasteiger partial charge on any atom is 0.247 e. The van der Waals surface area contributed by atoms with E-state index in [2.05, 4.69) is 50.5 Å². The largest absolute Gasteiger partial charge is 0.294 e. The number of hydrogen-bond donors (Lipinski definition) is 1. The van der Waals surface area contributed by atoms with Crippen LogP contribution in [-0.2, 0) is 9.59 Å². The van der Waals surface area contributed by atoms with Crippen molar-refractivity contribution in [2.24, 2.45) is 5.92 Å². The summed E-state index contributed by atoms with van der Waals surface area (Å²) in [5, 5.41) is 2.36. The van der Waals surface area contributed by atoms with Gasteiger partial charge in [0.25, 0.3) is 0 Å². The summed E-state index contributed by atoms with van der Waals surface area (Å²) in [6, 6.07) is 0. The molecule has 1 heterocycles. The smallest absolute Gasteiger partial charge is 0.247 e. The van der Waals surface area contributed by atoms with Crippen molar-refractivity contribution in [3.8, 4) is 0 Å². The van der Waals surface area contributed by atoms with Crippen molar-refractivity contribution in [1.29, 1.82) is 0 Å². The second kappa shape index (κ2) is 3.68. The van der Waals surface area contributed by atoms with Crippen LogP contribution in [0.2, 0.25) is 0 Å². The SMILES string of the molecule is O=C1NC(=O)C2(I)C=C(I)C(I)=CC12. The van der Waals surface area contributed by atoms with Crippen LogP contribution in [0.3, 0.4) is 0 Å². The number of allylic oxidation sites excluding steroid dienone is 2. The van der Waals surface area contributed by atoms with E-state index in [0.717, 1.165) is 7.16 Å². The Hall–Kier alpha value is 0.810. The summed E-state index contributed by atoms with van der Waals surface area (Å²) in [5.74, 6) is -0.748. The maximum absolute atomic E-state index is 11.6. The Morgan fingerprint density at radius 3 is 2.57 bits per heavy atom. The minimum atomic E-state index is -0.708. The molecular weight excluding hydrogens is 523 g/mol. The zero-order valence-corrected chi connectivity index (χ0v) is 13.2. The van der Waals surface area contributed by atoms with Crippen LogP contribution in [0, 0.1) is 5.92 Å². The molecule has 3 nitrogen and oxygen atoms in total. The summed E-state index contributed by atoms with van der Waals surface area (Å²) >= 11 is 6.40. The van der Waals surface area contributed by atoms with Crippen molar-refractivity contribution < 1.29 is 9.59 Å². The first-order valence-corrected chi connectivity index (χ1v) is 6.99. The molecule has 2 aliphatic rings. The number of rotatable bonds is 0. The second-order valence-corrected chi connectivity index (χ2v) is 7.18. The third-order valence-corrected chi connectivity index (χ3v) is 6.54. The highest BCUT2D eigenvalue weighted by Crippen LogP contribution is 2.45. The zero-order valence-electron chi connectivity index (χ0n) is 6.68. The Kier molecular flexibility index (Phi) is 2.97. The molecule has 2 amide bonds. The first-order chi connectivity index (χ1) is 6.45. The minimum Gasteiger partial charge on any atom is -0.294 e. The van der Waals surface area contributed by atoms with Crippen molar-refractivity contribution >= 4 is 79.6 Å². The number of halogens is 3. The van der Waals surface area contributed by atoms with Crippen LogP contribution in [0.1, 0.15) is 0 Å². The topological polar surface area (TPSA) is 46.2 Å². The van der Waals surface area contributed by atoms with E-state index in [-0.39, 0.29) is 17.7 Å². The number of amides is 2. The number of carbonyl (C=O) groups excluding carboxylic acids is 2. The molecule has 1 aliphatic heterocycles. The monoisotopic (exact) mass is 527 g/mol. The van der Waals surface area contributed by atoms with E-state index in [1.807, 2.05) is 34.7 Å². The van der Waals surface area contributed by atoms with Gasteiger partial charge in [0.2, 0.25) is 11.8 Å². The molecule has 14 heavy (non-hydrogen) atoms. The molecule has 1 fully saturated rings. The first-order valence-electron chi connectivity index (χ1n) is 3.75. The Morgan fingerprint density at radius 2 is 1.93 bits per heavy atom. The molecule has 0 saturated carbocycles. The Morgan fingerprint density at radius 1 is 1.29 bits per heavy atom. The predicted molar refractivity (Wildman–Crippen MR) is 77.6 cm³/mol. The normalized spacial score (nSPS) is 36.1. The zero-order chi connectivity index (χ0) is 10.5. The van der Waals surface area contributed by atoms with Crippen LogP contribution in [0.4, 0.5) is 0 Å². The van der Waals surface area contributed by atoms with E-state index in [1.54, 1.807) is 0 Å². The van der Waals surface area contributed by atoms with Crippen LogP contribution in [-0.4, -0.2) is 15.2 Å². The van der Waals surface area contributed by atoms with E-state index in [0.29, 0.717) is 0 Å². The van der Waals surface area contributed by atoms with E-state index < -0.39 is 3.42 Å². The van der Waals surface area contributed by atoms with Gasteiger partial charge >= 0.3 is 0 Å². The molecular formula is C8H4I3NO2. The van der Waals surface area contributed by atoms with Crippen LogP contribution in [0.25, 0.3) is 0 Å². The average molecular weight is 527 g/mol. The van der Waals surface area contributed by atoms with Gasteiger partial charge in [-0.05, 0) is 51.3 Å². The number of imide groups is 1. The van der Waals surface area contributed by atoms with Gasteiger partial charge in [0, 0.05) is 7.16 Å². The van der Waals surface area contributed by atoms with E-state index in [4.69, 9.17) is 0 Å². The molecule has 0 aromatic heterocycles. The molecule has 2 atom stereocenters. The fourth-order valence-electron chi connectivity index (χ4n) is 1.45. The van der Waals surface area contributed by atoms with Gasteiger partial charge in [-0.25, -0.2) is 0 Å². The summed E-state index contributed by atoms with van der Waals surface area (Å²) in [6.45, 7) is 0. The molecule has 1 N–H and O–H groups in total. The third kappa shape index (κ3) is 1.56. The molecule has 0 bridgehead atoms. The maximum atomic E-state index is 11.6. The van der Waals surface area contributed by atoms with Crippen molar-refractivity contribution in [2.75, 3.05) is 0 Å². The van der Waals surface area contributed by atoms with E-state index in [9.17, 15) is 9.59 Å². The minimum absolute atomic E-state index is 0.196. The molecule has 2 rings (SSSR count). The number of nitrogens with one attached hydrogen (secondary N) is 1. The van der Waals surface area contributed by atoms with Gasteiger partial charge in [0.05, 0.1) is 5.92 Å². The van der Waals surface area contributed by atoms with Gasteiger partial charge in [-0.3, -0.25) is 14.9 Å². The molecule has 2 unspecified atom stereocenters. The quantitative estimate of drug-likeness (QED) is 0.299. The van der Waals surface area contributed by atoms with E-state index in [1.165, 1.54) is 0 Å². The lowest BCUT2D eigenvalue weighted by molar-refractivity contribution is -0.125. The lowest BCUT2D eigenvalue weighted by Crippen LogP contribution is -2.34. The molecule has 0 spiro atoms. The summed E-state index contributed by atoms with van der Waals surface area (Å²) in [4.78, 5) is 23.0. The molecule has 0 aromatic rings. The highest BCUT2D eigenvalue weighted by atomic mass is 127. The number of hydrogen-bond acceptors (Lipinski definition) is 2. The van der Waals surface area contributed by atoms with Gasteiger partial charge in [-0.1, -0.05) is 28.7 Å². The Bertz CT molecular complexity index is 401. The molecule has 1 saturated heterocycles. The van der Waals surface area contributed by atoms with Gasteiger partial charge in [-0.2, -0.15) is 0 Å². The van der Waals surface area contributed by atoms with Crippen LogP contribution < -0.4 is 5.32 Å². The summed E-state index contributed by atoms with van der Waals surface area (Å²) < 4.78 is 1.35. The average Bonchev–Trinajstić information content (AvgIpc) is 2.29. The summed E-state index contributed by atoms with van der Waals surface area (Å²) in [5.41, 5.74) is 0. The second-order valence-electron chi connectivity index (χ2n) is 3.07. The molecule has 6 heteroatoms.